The highest BCUT2D eigenvalue weighted by Gasteiger charge is 2.22. The highest BCUT2D eigenvalue weighted by Crippen LogP contribution is 2.31. The zero-order chi connectivity index (χ0) is 26.5. The third-order valence-electron chi connectivity index (χ3n) is 6.34. The topological polar surface area (TPSA) is 92.7 Å². The van der Waals surface area contributed by atoms with Crippen LogP contribution in [0.1, 0.15) is 72.8 Å². The monoisotopic (exact) mass is 509 g/mol. The normalized spacial score (nSPS) is 12.4. The number of thiophene rings is 1. The number of rotatable bonds is 11. The van der Waals surface area contributed by atoms with Crippen LogP contribution in [0, 0.1) is 12.3 Å². The first kappa shape index (κ1) is 27.4. The van der Waals surface area contributed by atoms with Crippen molar-refractivity contribution in [1.29, 1.82) is 0 Å². The molecule has 2 aromatic carbocycles. The number of carbonyl (C=O) groups is 3. The standard InChI is InChI=1S/C29H35NO5S/c1-6-20(21-10-11-23(18(2)13-21)35-17-26(31)29(3,4)5)9-7-19-8-12-24-22(14-19)15-25(36-24)28(34)30-16-27(32)33/h8,10-15,20H,6-7,9,16-17H2,1-5H3,(H,30,34)(H,32,33). The van der Waals surface area contributed by atoms with Crippen molar-refractivity contribution in [2.24, 2.45) is 5.41 Å². The number of hydrogen-bond acceptors (Lipinski definition) is 5. The van der Waals surface area contributed by atoms with Crippen LogP contribution in [-0.2, 0) is 16.0 Å². The number of amides is 1. The number of aryl methyl sites for hydroxylation is 2. The molecule has 192 valence electrons. The maximum Gasteiger partial charge on any atom is 0.322 e. The SMILES string of the molecule is CCC(CCc1ccc2sc(C(=O)NCC(=O)O)cc2c1)c1ccc(OCC(=O)C(C)(C)C)c(C)c1. The molecule has 0 bridgehead atoms. The van der Waals surface area contributed by atoms with Crippen molar-refractivity contribution in [3.63, 3.8) is 0 Å². The fourth-order valence-electron chi connectivity index (χ4n) is 4.00. The van der Waals surface area contributed by atoms with Crippen LogP contribution >= 0.6 is 11.3 Å². The lowest BCUT2D eigenvalue weighted by molar-refractivity contribution is -0.135. The second kappa shape index (κ2) is 11.7. The van der Waals surface area contributed by atoms with Crippen LogP contribution in [0.5, 0.6) is 5.75 Å². The summed E-state index contributed by atoms with van der Waals surface area (Å²) in [5.74, 6) is -0.211. The van der Waals surface area contributed by atoms with Gasteiger partial charge in [-0.2, -0.15) is 0 Å². The Bertz CT molecular complexity index is 1250. The van der Waals surface area contributed by atoms with Gasteiger partial charge in [-0.05, 0) is 72.4 Å². The van der Waals surface area contributed by atoms with Gasteiger partial charge in [0.1, 0.15) is 18.9 Å². The number of ketones is 1. The number of hydrogen-bond donors (Lipinski definition) is 2. The van der Waals surface area contributed by atoms with Gasteiger partial charge in [0.2, 0.25) is 0 Å². The fourth-order valence-corrected chi connectivity index (χ4v) is 4.96. The zero-order valence-corrected chi connectivity index (χ0v) is 22.5. The molecule has 1 heterocycles. The Balaban J connectivity index is 1.64. The van der Waals surface area contributed by atoms with Gasteiger partial charge in [0.05, 0.1) is 4.88 Å². The predicted molar refractivity (Wildman–Crippen MR) is 144 cm³/mol. The molecule has 0 aliphatic heterocycles. The summed E-state index contributed by atoms with van der Waals surface area (Å²) in [5.41, 5.74) is 3.08. The summed E-state index contributed by atoms with van der Waals surface area (Å²) in [6.07, 6.45) is 2.90. The van der Waals surface area contributed by atoms with Crippen LogP contribution in [0.15, 0.2) is 42.5 Å². The number of aliphatic carboxylic acids is 1. The van der Waals surface area contributed by atoms with Crippen molar-refractivity contribution in [3.05, 3.63) is 64.0 Å². The molecular weight excluding hydrogens is 474 g/mol. The van der Waals surface area contributed by atoms with Crippen molar-refractivity contribution in [2.45, 2.75) is 59.8 Å². The Labute approximate surface area is 216 Å². The Morgan fingerprint density at radius 1 is 1.08 bits per heavy atom. The van der Waals surface area contributed by atoms with E-state index in [4.69, 9.17) is 9.84 Å². The summed E-state index contributed by atoms with van der Waals surface area (Å²) in [6, 6.07) is 14.3. The van der Waals surface area contributed by atoms with Gasteiger partial charge in [-0.3, -0.25) is 14.4 Å². The first-order valence-corrected chi connectivity index (χ1v) is 13.1. The number of benzene rings is 2. The maximum absolute atomic E-state index is 12.2. The zero-order valence-electron chi connectivity index (χ0n) is 21.6. The lowest BCUT2D eigenvalue weighted by Crippen LogP contribution is -2.28. The summed E-state index contributed by atoms with van der Waals surface area (Å²) in [6.45, 7) is 9.59. The average Bonchev–Trinajstić information content (AvgIpc) is 3.25. The predicted octanol–water partition coefficient (Wildman–Crippen LogP) is 6.14. The number of Topliss-reactive ketones (excluding diaryl/α,β-unsaturated/α-hetero) is 1. The molecule has 0 fully saturated rings. The molecule has 6 nitrogen and oxygen atoms in total. The number of ether oxygens (including phenoxy) is 1. The number of fused-ring (bicyclic) bond motifs is 1. The molecular formula is C29H35NO5S. The Morgan fingerprint density at radius 2 is 1.83 bits per heavy atom. The molecule has 0 aliphatic rings. The number of carboxylic acid groups (broad SMARTS) is 1. The molecule has 1 unspecified atom stereocenters. The number of nitrogens with one attached hydrogen (secondary N) is 1. The molecule has 36 heavy (non-hydrogen) atoms. The van der Waals surface area contributed by atoms with Crippen LogP contribution < -0.4 is 10.1 Å². The molecule has 0 saturated heterocycles. The minimum absolute atomic E-state index is 0.0769. The molecule has 0 spiro atoms. The van der Waals surface area contributed by atoms with Gasteiger partial charge in [-0.25, -0.2) is 0 Å². The Kier molecular flexibility index (Phi) is 8.90. The average molecular weight is 510 g/mol. The van der Waals surface area contributed by atoms with Gasteiger partial charge < -0.3 is 15.2 Å². The van der Waals surface area contributed by atoms with Crippen LogP contribution in [0.3, 0.4) is 0 Å². The molecule has 0 aliphatic carbocycles. The van der Waals surface area contributed by atoms with Gasteiger partial charge in [0, 0.05) is 10.1 Å². The summed E-state index contributed by atoms with van der Waals surface area (Å²) in [4.78, 5) is 35.6. The summed E-state index contributed by atoms with van der Waals surface area (Å²) in [7, 11) is 0. The third kappa shape index (κ3) is 7.17. The van der Waals surface area contributed by atoms with E-state index >= 15 is 0 Å². The molecule has 1 amide bonds. The first-order valence-electron chi connectivity index (χ1n) is 12.3. The highest BCUT2D eigenvalue weighted by atomic mass is 32.1. The molecule has 1 atom stereocenters. The molecule has 3 rings (SSSR count). The van der Waals surface area contributed by atoms with E-state index in [0.717, 1.165) is 40.7 Å². The van der Waals surface area contributed by atoms with E-state index in [9.17, 15) is 14.4 Å². The van der Waals surface area contributed by atoms with Gasteiger partial charge in [-0.15, -0.1) is 11.3 Å². The summed E-state index contributed by atoms with van der Waals surface area (Å²) < 4.78 is 6.81. The van der Waals surface area contributed by atoms with Gasteiger partial charge in [-0.1, -0.05) is 52.0 Å². The minimum atomic E-state index is -1.06. The molecule has 2 N–H and O–H groups in total. The van der Waals surface area contributed by atoms with E-state index in [1.807, 2.05) is 45.9 Å². The second-order valence-corrected chi connectivity index (χ2v) is 11.3. The van der Waals surface area contributed by atoms with Crippen molar-refractivity contribution < 1.29 is 24.2 Å². The minimum Gasteiger partial charge on any atom is -0.486 e. The van der Waals surface area contributed by atoms with E-state index in [2.05, 4.69) is 36.5 Å². The Morgan fingerprint density at radius 3 is 2.47 bits per heavy atom. The molecule has 3 aromatic rings. The highest BCUT2D eigenvalue weighted by molar-refractivity contribution is 7.20. The smallest absolute Gasteiger partial charge is 0.322 e. The van der Waals surface area contributed by atoms with Gasteiger partial charge >= 0.3 is 5.97 Å². The van der Waals surface area contributed by atoms with Gasteiger partial charge in [0.15, 0.2) is 5.78 Å². The molecule has 7 heteroatoms. The number of carboxylic acids is 1. The van der Waals surface area contributed by atoms with Crippen LogP contribution in [-0.4, -0.2) is 35.9 Å². The van der Waals surface area contributed by atoms with Crippen LogP contribution in [0.2, 0.25) is 0 Å². The Hall–Kier alpha value is -3.19. The van der Waals surface area contributed by atoms with Crippen molar-refractivity contribution in [2.75, 3.05) is 13.2 Å². The quantitative estimate of drug-likeness (QED) is 0.324. The molecule has 1 aromatic heterocycles. The van der Waals surface area contributed by atoms with Crippen LogP contribution in [0.4, 0.5) is 0 Å². The lowest BCUT2D eigenvalue weighted by atomic mass is 9.89. The maximum atomic E-state index is 12.2. The lowest BCUT2D eigenvalue weighted by Gasteiger charge is -2.19. The van der Waals surface area contributed by atoms with Crippen molar-refractivity contribution in [1.82, 2.24) is 5.32 Å². The molecule has 0 radical (unpaired) electrons. The second-order valence-electron chi connectivity index (χ2n) is 10.2. The van der Waals surface area contributed by atoms with E-state index in [0.29, 0.717) is 10.8 Å². The van der Waals surface area contributed by atoms with E-state index in [-0.39, 0.29) is 18.3 Å². The largest absolute Gasteiger partial charge is 0.486 e. The van der Waals surface area contributed by atoms with Gasteiger partial charge in [0.25, 0.3) is 5.91 Å². The number of carbonyl (C=O) groups excluding carboxylic acids is 2. The van der Waals surface area contributed by atoms with Crippen molar-refractivity contribution in [3.8, 4) is 5.75 Å². The third-order valence-corrected chi connectivity index (χ3v) is 7.46. The first-order chi connectivity index (χ1) is 17.0. The fraction of sp³-hybridized carbons (Fsp3) is 0.414. The molecule has 0 saturated carbocycles. The van der Waals surface area contributed by atoms with E-state index in [1.165, 1.54) is 22.5 Å². The van der Waals surface area contributed by atoms with E-state index in [1.54, 1.807) is 0 Å². The van der Waals surface area contributed by atoms with Crippen LogP contribution in [0.25, 0.3) is 10.1 Å². The summed E-state index contributed by atoms with van der Waals surface area (Å²) in [5, 5.41) is 12.2. The van der Waals surface area contributed by atoms with E-state index < -0.39 is 17.9 Å². The van der Waals surface area contributed by atoms with Crippen molar-refractivity contribution >= 4 is 39.1 Å². The summed E-state index contributed by atoms with van der Waals surface area (Å²) >= 11 is 1.36.